The van der Waals surface area contributed by atoms with E-state index in [9.17, 15) is 4.79 Å². The molecule has 1 fully saturated rings. The van der Waals surface area contributed by atoms with Crippen molar-refractivity contribution in [3.05, 3.63) is 54.0 Å². The van der Waals surface area contributed by atoms with E-state index in [4.69, 9.17) is 0 Å². The van der Waals surface area contributed by atoms with E-state index in [0.717, 1.165) is 42.9 Å². The first-order chi connectivity index (χ1) is 15.7. The highest BCUT2D eigenvalue weighted by Gasteiger charge is 2.33. The quantitative estimate of drug-likeness (QED) is 0.591. The molecule has 4 rings (SSSR count). The Morgan fingerprint density at radius 3 is 2.73 bits per heavy atom. The molecule has 2 aromatic heterocycles. The van der Waals surface area contributed by atoms with Crippen LogP contribution in [-0.2, 0) is 18.3 Å². The summed E-state index contributed by atoms with van der Waals surface area (Å²) in [6.07, 6.45) is 7.80. The number of anilines is 2. The molecule has 1 aromatic carbocycles. The fraction of sp³-hybridized carbons (Fsp3) is 0.462. The van der Waals surface area contributed by atoms with Crippen molar-refractivity contribution in [1.82, 2.24) is 24.6 Å². The SMILES string of the molecule is Cc1cc(-c2ccnc(Nc3cnn(C)c3)n2)ccc1CCC(=O)N1CCC(C(C)(C)C)C1. The zero-order valence-electron chi connectivity index (χ0n) is 20.3. The van der Waals surface area contributed by atoms with E-state index in [-0.39, 0.29) is 11.3 Å². The monoisotopic (exact) mass is 446 g/mol. The maximum atomic E-state index is 12.8. The lowest BCUT2D eigenvalue weighted by Gasteiger charge is -2.27. The molecule has 3 aromatic rings. The third kappa shape index (κ3) is 5.59. The van der Waals surface area contributed by atoms with Crippen molar-refractivity contribution in [2.75, 3.05) is 18.4 Å². The van der Waals surface area contributed by atoms with Crippen LogP contribution in [0.2, 0.25) is 0 Å². The van der Waals surface area contributed by atoms with E-state index >= 15 is 0 Å². The van der Waals surface area contributed by atoms with Crippen LogP contribution in [0.25, 0.3) is 11.3 Å². The van der Waals surface area contributed by atoms with E-state index in [1.165, 1.54) is 11.1 Å². The molecule has 7 heteroatoms. The largest absolute Gasteiger partial charge is 0.342 e. The molecule has 0 saturated carbocycles. The Labute approximate surface area is 196 Å². The molecule has 3 heterocycles. The number of carbonyl (C=O) groups is 1. The predicted octanol–water partition coefficient (Wildman–Crippen LogP) is 4.76. The van der Waals surface area contributed by atoms with E-state index in [1.54, 1.807) is 17.1 Å². The Hall–Kier alpha value is -3.22. The van der Waals surface area contributed by atoms with Crippen molar-refractivity contribution >= 4 is 17.5 Å². The van der Waals surface area contributed by atoms with E-state index in [1.807, 2.05) is 19.3 Å². The third-order valence-electron chi connectivity index (χ3n) is 6.63. The molecule has 1 aliphatic heterocycles. The number of hydrogen-bond acceptors (Lipinski definition) is 5. The highest BCUT2D eigenvalue weighted by molar-refractivity contribution is 5.77. The molecule has 1 N–H and O–H groups in total. The molecule has 0 spiro atoms. The first-order valence-corrected chi connectivity index (χ1v) is 11.7. The first kappa shape index (κ1) is 23.0. The minimum Gasteiger partial charge on any atom is -0.342 e. The minimum atomic E-state index is 0.260. The number of nitrogens with zero attached hydrogens (tertiary/aromatic N) is 5. The number of aryl methyl sites for hydroxylation is 3. The number of benzene rings is 1. The maximum Gasteiger partial charge on any atom is 0.227 e. The zero-order valence-corrected chi connectivity index (χ0v) is 20.3. The summed E-state index contributed by atoms with van der Waals surface area (Å²) in [6, 6.07) is 8.25. The summed E-state index contributed by atoms with van der Waals surface area (Å²) >= 11 is 0. The Balaban J connectivity index is 1.38. The molecular formula is C26H34N6O. The van der Waals surface area contributed by atoms with E-state index in [2.05, 4.69) is 71.2 Å². The molecule has 1 unspecified atom stereocenters. The molecule has 0 radical (unpaired) electrons. The minimum absolute atomic E-state index is 0.260. The molecule has 0 bridgehead atoms. The van der Waals surface area contributed by atoms with E-state index < -0.39 is 0 Å². The number of rotatable bonds is 6. The Morgan fingerprint density at radius 1 is 1.24 bits per heavy atom. The smallest absolute Gasteiger partial charge is 0.227 e. The lowest BCUT2D eigenvalue weighted by molar-refractivity contribution is -0.130. The van der Waals surface area contributed by atoms with Gasteiger partial charge in [-0.2, -0.15) is 5.10 Å². The van der Waals surface area contributed by atoms with Gasteiger partial charge in [0.25, 0.3) is 0 Å². The van der Waals surface area contributed by atoms with Gasteiger partial charge < -0.3 is 10.2 Å². The summed E-state index contributed by atoms with van der Waals surface area (Å²) in [5.74, 6) is 1.40. The third-order valence-corrected chi connectivity index (χ3v) is 6.63. The van der Waals surface area contributed by atoms with Gasteiger partial charge >= 0.3 is 0 Å². The van der Waals surface area contributed by atoms with Crippen LogP contribution in [0.1, 0.15) is 44.7 Å². The van der Waals surface area contributed by atoms with Crippen molar-refractivity contribution in [1.29, 1.82) is 0 Å². The van der Waals surface area contributed by atoms with Crippen molar-refractivity contribution in [2.24, 2.45) is 18.4 Å². The molecule has 1 atom stereocenters. The number of aromatic nitrogens is 4. The lowest BCUT2D eigenvalue weighted by Crippen LogP contribution is -2.31. The summed E-state index contributed by atoms with van der Waals surface area (Å²) in [5.41, 5.74) is 5.38. The van der Waals surface area contributed by atoms with Gasteiger partial charge in [-0.1, -0.05) is 32.9 Å². The highest BCUT2D eigenvalue weighted by atomic mass is 16.2. The molecule has 1 saturated heterocycles. The number of amides is 1. The number of nitrogens with one attached hydrogen (secondary N) is 1. The van der Waals surface area contributed by atoms with Gasteiger partial charge in [0, 0.05) is 44.5 Å². The van der Waals surface area contributed by atoms with Crippen molar-refractivity contribution < 1.29 is 4.79 Å². The number of carbonyl (C=O) groups excluding carboxylic acids is 1. The van der Waals surface area contributed by atoms with Crippen LogP contribution < -0.4 is 5.32 Å². The zero-order chi connectivity index (χ0) is 23.6. The van der Waals surface area contributed by atoms with Gasteiger partial charge in [0.1, 0.15) is 0 Å². The molecular weight excluding hydrogens is 412 g/mol. The van der Waals surface area contributed by atoms with Gasteiger partial charge in [0.05, 0.1) is 17.6 Å². The second kappa shape index (κ2) is 9.33. The van der Waals surface area contributed by atoms with Gasteiger partial charge in [0.2, 0.25) is 11.9 Å². The lowest BCUT2D eigenvalue weighted by atomic mass is 9.80. The van der Waals surface area contributed by atoms with Gasteiger partial charge in [-0.05, 0) is 54.4 Å². The number of hydrogen-bond donors (Lipinski definition) is 1. The summed E-state index contributed by atoms with van der Waals surface area (Å²) in [7, 11) is 1.87. The van der Waals surface area contributed by atoms with Crippen LogP contribution in [0, 0.1) is 18.3 Å². The van der Waals surface area contributed by atoms with Crippen LogP contribution in [0.4, 0.5) is 11.6 Å². The maximum absolute atomic E-state index is 12.8. The van der Waals surface area contributed by atoms with Crippen LogP contribution in [0.3, 0.4) is 0 Å². The fourth-order valence-corrected chi connectivity index (χ4v) is 4.42. The first-order valence-electron chi connectivity index (χ1n) is 11.7. The van der Waals surface area contributed by atoms with Gasteiger partial charge in [-0.25, -0.2) is 9.97 Å². The summed E-state index contributed by atoms with van der Waals surface area (Å²) < 4.78 is 1.73. The van der Waals surface area contributed by atoms with Crippen LogP contribution in [-0.4, -0.2) is 43.6 Å². The Bertz CT molecular complexity index is 1130. The van der Waals surface area contributed by atoms with Crippen LogP contribution >= 0.6 is 0 Å². The van der Waals surface area contributed by atoms with Gasteiger partial charge in [0.15, 0.2) is 0 Å². The van der Waals surface area contributed by atoms with Gasteiger partial charge in [-0.3, -0.25) is 9.48 Å². The normalized spacial score (nSPS) is 16.3. The molecule has 33 heavy (non-hydrogen) atoms. The Morgan fingerprint density at radius 2 is 2.06 bits per heavy atom. The molecule has 1 aliphatic rings. The number of likely N-dealkylation sites (tertiary alicyclic amines) is 1. The van der Waals surface area contributed by atoms with Crippen molar-refractivity contribution in [3.63, 3.8) is 0 Å². The van der Waals surface area contributed by atoms with Crippen molar-refractivity contribution in [2.45, 2.75) is 47.0 Å². The molecule has 174 valence electrons. The predicted molar refractivity (Wildman–Crippen MR) is 131 cm³/mol. The summed E-state index contributed by atoms with van der Waals surface area (Å²) in [5, 5.41) is 7.34. The highest BCUT2D eigenvalue weighted by Crippen LogP contribution is 2.34. The fourth-order valence-electron chi connectivity index (χ4n) is 4.42. The summed E-state index contributed by atoms with van der Waals surface area (Å²) in [4.78, 5) is 23.8. The topological polar surface area (TPSA) is 75.9 Å². The second-order valence-corrected chi connectivity index (χ2v) is 10.1. The molecule has 1 amide bonds. The molecule has 7 nitrogen and oxygen atoms in total. The van der Waals surface area contributed by atoms with Crippen molar-refractivity contribution in [3.8, 4) is 11.3 Å². The second-order valence-electron chi connectivity index (χ2n) is 10.1. The van der Waals surface area contributed by atoms with E-state index in [0.29, 0.717) is 18.3 Å². The Kier molecular flexibility index (Phi) is 6.49. The van der Waals surface area contributed by atoms with Crippen LogP contribution in [0.15, 0.2) is 42.9 Å². The van der Waals surface area contributed by atoms with Crippen LogP contribution in [0.5, 0.6) is 0 Å². The average molecular weight is 447 g/mol. The standard InChI is InChI=1S/C26H34N6O/c1-18-14-20(23-10-12-27-25(30-23)29-22-15-28-31(5)17-22)7-6-19(18)8-9-24(33)32-13-11-21(16-32)26(2,3)4/h6-7,10,12,14-15,17,21H,8-9,11,13,16H2,1-5H3,(H,27,29,30). The summed E-state index contributed by atoms with van der Waals surface area (Å²) in [6.45, 7) is 10.7. The average Bonchev–Trinajstić information content (AvgIpc) is 3.42. The van der Waals surface area contributed by atoms with Gasteiger partial charge in [-0.15, -0.1) is 0 Å². The molecule has 0 aliphatic carbocycles.